The molecule has 64 heavy (non-hydrogen) atoms. The first-order valence-corrected chi connectivity index (χ1v) is 20.8. The zero-order chi connectivity index (χ0) is 53.7. The Labute approximate surface area is 389 Å². The topological polar surface area (TPSA) is 48.8 Å². The summed E-state index contributed by atoms with van der Waals surface area (Å²) in [5, 5.41) is 1.89. The molecule has 0 fully saturated rings. The van der Waals surface area contributed by atoms with Gasteiger partial charge in [0.1, 0.15) is 11.6 Å². The van der Waals surface area contributed by atoms with Crippen molar-refractivity contribution in [3.8, 4) is 62.3 Å². The predicted molar refractivity (Wildman–Crippen MR) is 260 cm³/mol. The normalized spacial score (nSPS) is 14.6. The van der Waals surface area contributed by atoms with Gasteiger partial charge >= 0.3 is 0 Å². The van der Waals surface area contributed by atoms with Crippen LogP contribution in [0.2, 0.25) is 0 Å². The summed E-state index contributed by atoms with van der Waals surface area (Å²) in [4.78, 5) is 9.79. The lowest BCUT2D eigenvalue weighted by atomic mass is 9.88. The molecule has 0 saturated carbocycles. The molecule has 0 saturated heterocycles. The molecule has 4 heterocycles. The average Bonchev–Trinajstić information content (AvgIpc) is 4.04. The van der Waals surface area contributed by atoms with Crippen LogP contribution in [0.15, 0.2) is 206 Å². The molecule has 6 heteroatoms. The summed E-state index contributed by atoms with van der Waals surface area (Å²) >= 11 is 0. The molecule has 0 N–H and O–H groups in total. The lowest BCUT2D eigenvalue weighted by Gasteiger charge is -2.18. The largest absolute Gasteiger partial charge is 0.439 e. The molecule has 0 bridgehead atoms. The lowest BCUT2D eigenvalue weighted by Crippen LogP contribution is -2.31. The van der Waals surface area contributed by atoms with E-state index in [1.807, 2.05) is 116 Å². The molecule has 7 aromatic carbocycles. The smallest absolute Gasteiger partial charge is 0.269 e. The second kappa shape index (κ2) is 16.0. The minimum Gasteiger partial charge on any atom is -0.439 e. The molecule has 11 rings (SSSR count). The second-order valence-electron chi connectivity index (χ2n) is 16.3. The van der Waals surface area contributed by atoms with E-state index in [1.54, 1.807) is 63.9 Å². The second-order valence-corrected chi connectivity index (χ2v) is 16.3. The summed E-state index contributed by atoms with van der Waals surface area (Å²) in [6.07, 6.45) is 3.42. The Balaban J connectivity index is 1.13. The summed E-state index contributed by atoms with van der Waals surface area (Å²) < 4.78 is 118. The first-order chi connectivity index (χ1) is 36.3. The van der Waals surface area contributed by atoms with E-state index in [2.05, 4.69) is 6.33 Å². The molecule has 0 radical (unpaired) electrons. The van der Waals surface area contributed by atoms with Crippen molar-refractivity contribution in [3.05, 3.63) is 218 Å². The number of rotatable bonds is 9. The number of para-hydroxylation sites is 4. The van der Waals surface area contributed by atoms with E-state index in [9.17, 15) is 0 Å². The van der Waals surface area contributed by atoms with Crippen LogP contribution in [0.5, 0.6) is 11.6 Å². The monoisotopic (exact) mass is 839 g/mol. The Bertz CT molecular complexity index is 4040. The first-order valence-electron chi connectivity index (χ1n) is 26.8. The molecule has 0 aliphatic carbocycles. The standard InChI is InChI=1S/C58H45N5O/c1-58(2,3)38-40-32-33-59-55(34-40)63-51-27-14-13-24-48(51)49-31-30-45(37-54(49)63)64-56-36-44(35-50(60-56)43-22-11-6-12-23-43)61-39-62(53-29-16-15-28-52(53)61)57-46(41-18-7-4-8-19-41)25-17-26-47(57)42-20-9-5-10-21-42/h4-37H,38H2,1-3H3/i4D,5D,7D,8D,9D,10D,18D,19D,20D,21D,38D2. The number of nitrogens with zero attached hydrogens (tertiary/aromatic N) is 5. The van der Waals surface area contributed by atoms with E-state index in [0.717, 1.165) is 27.4 Å². The minimum absolute atomic E-state index is 0.122. The Kier molecular flexibility index (Phi) is 6.94. The van der Waals surface area contributed by atoms with Crippen LogP contribution in [0.4, 0.5) is 0 Å². The number of imidazole rings is 1. The van der Waals surface area contributed by atoms with Crippen molar-refractivity contribution in [2.75, 3.05) is 0 Å². The Morgan fingerprint density at radius 2 is 1.31 bits per heavy atom. The molecule has 0 spiro atoms. The Hall–Kier alpha value is -8.09. The highest BCUT2D eigenvalue weighted by atomic mass is 16.5. The first kappa shape index (κ1) is 27.8. The number of pyridine rings is 2. The molecule has 0 aliphatic heterocycles. The molecule has 0 unspecified atom stereocenters. The van der Waals surface area contributed by atoms with Gasteiger partial charge in [0.15, 0.2) is 0 Å². The predicted octanol–water partition coefficient (Wildman–Crippen LogP) is 14.0. The third kappa shape index (κ3) is 7.29. The molecule has 0 amide bonds. The van der Waals surface area contributed by atoms with Gasteiger partial charge < -0.3 is 4.74 Å². The highest BCUT2D eigenvalue weighted by molar-refractivity contribution is 6.09. The quantitative estimate of drug-likeness (QED) is 0.107. The van der Waals surface area contributed by atoms with Gasteiger partial charge in [-0.2, -0.15) is 0 Å². The molecule has 11 aromatic rings. The molecule has 4 aromatic heterocycles. The number of aromatic nitrogens is 5. The highest BCUT2D eigenvalue weighted by Gasteiger charge is 2.22. The SMILES string of the molecule is [2H]c1c([2H])c([2H])c(-c2cccc(-c3c([2H])c([2H])c([2H])c([2H])c3[2H])c2-[n+]2[c-]n(-c3cc(Oc4ccc5c6ccccc6n(-c6cc(C([2H])([2H])C(C)(C)C)ccn6)c5c4)nc(-c4ccccc4)c3)c3ccccc32)c([2H])c1[2H]. The molecule has 0 aliphatic rings. The van der Waals surface area contributed by atoms with Crippen LogP contribution >= 0.6 is 0 Å². The fourth-order valence-corrected chi connectivity index (χ4v) is 8.24. The number of hydrogen-bond donors (Lipinski definition) is 0. The van der Waals surface area contributed by atoms with Gasteiger partial charge in [0.25, 0.3) is 6.33 Å². The van der Waals surface area contributed by atoms with Crippen molar-refractivity contribution >= 4 is 32.8 Å². The van der Waals surface area contributed by atoms with E-state index in [1.165, 1.54) is 0 Å². The summed E-state index contributed by atoms with van der Waals surface area (Å²) in [6.45, 7) is 5.61. The summed E-state index contributed by atoms with van der Waals surface area (Å²) in [5.74, 6) is 1.18. The maximum Gasteiger partial charge on any atom is 0.269 e. The van der Waals surface area contributed by atoms with Crippen LogP contribution in [0.3, 0.4) is 0 Å². The Morgan fingerprint density at radius 3 is 2.05 bits per heavy atom. The number of benzene rings is 7. The van der Waals surface area contributed by atoms with Gasteiger partial charge in [0.2, 0.25) is 5.88 Å². The van der Waals surface area contributed by atoms with Crippen molar-refractivity contribution < 1.29 is 25.8 Å². The van der Waals surface area contributed by atoms with Crippen molar-refractivity contribution in [2.45, 2.75) is 27.1 Å². The van der Waals surface area contributed by atoms with Gasteiger partial charge in [-0.15, -0.1) is 0 Å². The summed E-state index contributed by atoms with van der Waals surface area (Å²) in [6, 6.07) is 36.9. The van der Waals surface area contributed by atoms with Crippen LogP contribution in [-0.4, -0.2) is 19.1 Å². The fraction of sp³-hybridized carbons (Fsp3) is 0.0862. The fourth-order valence-electron chi connectivity index (χ4n) is 8.24. The zero-order valence-corrected chi connectivity index (χ0v) is 35.0. The van der Waals surface area contributed by atoms with E-state index < -0.39 is 72.2 Å². The molecule has 0 atom stereocenters. The van der Waals surface area contributed by atoms with Gasteiger partial charge in [0.05, 0.1) is 52.8 Å². The average molecular weight is 840 g/mol. The lowest BCUT2D eigenvalue weighted by molar-refractivity contribution is -0.571. The van der Waals surface area contributed by atoms with Crippen LogP contribution in [0.25, 0.3) is 83.5 Å². The summed E-state index contributed by atoms with van der Waals surface area (Å²) in [7, 11) is 0. The van der Waals surface area contributed by atoms with Gasteiger partial charge in [-0.3, -0.25) is 13.7 Å². The minimum atomic E-state index is -1.67. The van der Waals surface area contributed by atoms with E-state index >= 15 is 0 Å². The third-order valence-electron chi connectivity index (χ3n) is 10.8. The van der Waals surface area contributed by atoms with Crippen molar-refractivity contribution in [3.63, 3.8) is 0 Å². The van der Waals surface area contributed by atoms with Crippen LogP contribution in [-0.2, 0) is 6.37 Å². The van der Waals surface area contributed by atoms with Crippen molar-refractivity contribution in [1.82, 2.24) is 19.1 Å². The van der Waals surface area contributed by atoms with Gasteiger partial charge in [-0.1, -0.05) is 172 Å². The van der Waals surface area contributed by atoms with Gasteiger partial charge in [0, 0.05) is 31.8 Å². The number of ether oxygens (including phenoxy) is 1. The molecule has 308 valence electrons. The van der Waals surface area contributed by atoms with Crippen molar-refractivity contribution in [2.24, 2.45) is 5.41 Å². The maximum absolute atomic E-state index is 9.10. The summed E-state index contributed by atoms with van der Waals surface area (Å²) in [5.41, 5.74) is 4.40. The molecular formula is C58H45N5O. The van der Waals surface area contributed by atoms with E-state index in [0.29, 0.717) is 39.5 Å². The number of hydrogen-bond acceptors (Lipinski definition) is 3. The molecule has 6 nitrogen and oxygen atoms in total. The van der Waals surface area contributed by atoms with Gasteiger partial charge in [-0.05, 0) is 81.6 Å². The maximum atomic E-state index is 9.10. The van der Waals surface area contributed by atoms with Gasteiger partial charge in [-0.25, -0.2) is 9.97 Å². The zero-order valence-electron chi connectivity index (χ0n) is 47.0. The highest BCUT2D eigenvalue weighted by Crippen LogP contribution is 2.38. The Morgan fingerprint density at radius 1 is 0.641 bits per heavy atom. The third-order valence-corrected chi connectivity index (χ3v) is 10.8. The van der Waals surface area contributed by atoms with Crippen LogP contribution in [0.1, 0.15) is 42.8 Å². The van der Waals surface area contributed by atoms with E-state index in [-0.39, 0.29) is 33.8 Å². The molecular weight excluding hydrogens is 783 g/mol. The van der Waals surface area contributed by atoms with E-state index in [4.69, 9.17) is 31.2 Å². The van der Waals surface area contributed by atoms with Crippen molar-refractivity contribution in [1.29, 1.82) is 0 Å². The number of fused-ring (bicyclic) bond motifs is 4. The van der Waals surface area contributed by atoms with Crippen LogP contribution in [0, 0.1) is 11.7 Å². The van der Waals surface area contributed by atoms with Crippen LogP contribution < -0.4 is 9.30 Å².